The zero-order valence-corrected chi connectivity index (χ0v) is 21.3. The number of aryl methyl sites for hydroxylation is 1. The predicted molar refractivity (Wildman–Crippen MR) is 142 cm³/mol. The van der Waals surface area contributed by atoms with Crippen LogP contribution < -0.4 is 10.2 Å². The third kappa shape index (κ3) is 5.65. The van der Waals surface area contributed by atoms with Crippen molar-refractivity contribution in [2.75, 3.05) is 23.8 Å². The average Bonchev–Trinajstić information content (AvgIpc) is 3.46. The van der Waals surface area contributed by atoms with Gasteiger partial charge in [0.25, 0.3) is 0 Å². The van der Waals surface area contributed by atoms with Crippen LogP contribution in [0.2, 0.25) is 10.0 Å². The fraction of sp³-hybridized carbons (Fsp3) is 0.192. The summed E-state index contributed by atoms with van der Waals surface area (Å²) in [6.45, 7) is 0.935. The number of hydrogen-bond acceptors (Lipinski definition) is 7. The highest BCUT2D eigenvalue weighted by molar-refractivity contribution is 6.42. The third-order valence-corrected chi connectivity index (χ3v) is 6.46. The molecule has 1 aliphatic rings. The van der Waals surface area contributed by atoms with E-state index >= 15 is 0 Å². The number of rotatable bonds is 5. The molecule has 0 fully saturated rings. The van der Waals surface area contributed by atoms with Crippen molar-refractivity contribution in [2.45, 2.75) is 12.8 Å². The van der Waals surface area contributed by atoms with E-state index in [0.717, 1.165) is 47.6 Å². The van der Waals surface area contributed by atoms with E-state index in [-0.39, 0.29) is 0 Å². The molecule has 0 unspecified atom stereocenters. The smallest absolute Gasteiger partial charge is 0.228 e. The molecule has 0 amide bonds. The molecule has 0 bridgehead atoms. The molecule has 0 saturated heterocycles. The van der Waals surface area contributed by atoms with Gasteiger partial charge in [0.15, 0.2) is 0 Å². The van der Waals surface area contributed by atoms with E-state index < -0.39 is 0 Å². The maximum Gasteiger partial charge on any atom is 0.228 e. The van der Waals surface area contributed by atoms with E-state index in [4.69, 9.17) is 23.2 Å². The number of nitriles is 1. The first-order valence-electron chi connectivity index (χ1n) is 11.1. The summed E-state index contributed by atoms with van der Waals surface area (Å²) in [5, 5.41) is 17.8. The summed E-state index contributed by atoms with van der Waals surface area (Å²) in [5.41, 5.74) is 5.51. The highest BCUT2D eigenvalue weighted by atomic mass is 35.5. The minimum atomic E-state index is 0.386. The summed E-state index contributed by atoms with van der Waals surface area (Å²) < 4.78 is 1.72. The molecule has 182 valence electrons. The van der Waals surface area contributed by atoms with Gasteiger partial charge in [0, 0.05) is 44.9 Å². The second kappa shape index (κ2) is 11.2. The van der Waals surface area contributed by atoms with Crippen molar-refractivity contribution < 1.29 is 4.79 Å². The lowest BCUT2D eigenvalue weighted by Gasteiger charge is -2.14. The van der Waals surface area contributed by atoms with Gasteiger partial charge in [-0.2, -0.15) is 10.4 Å². The molecule has 3 heterocycles. The topological polar surface area (TPSA) is 99.7 Å². The number of halogens is 2. The van der Waals surface area contributed by atoms with Gasteiger partial charge < -0.3 is 15.0 Å². The molecule has 0 aliphatic carbocycles. The molecule has 10 heteroatoms. The number of carbonyl (C=O) groups is 1. The molecule has 0 radical (unpaired) electrons. The van der Waals surface area contributed by atoms with Crippen LogP contribution >= 0.6 is 23.2 Å². The van der Waals surface area contributed by atoms with Crippen LogP contribution in [0.15, 0.2) is 54.9 Å². The van der Waals surface area contributed by atoms with Gasteiger partial charge in [-0.05, 0) is 47.9 Å². The number of carbonyl (C=O) groups excluding carboxylic acids is 1. The van der Waals surface area contributed by atoms with Gasteiger partial charge >= 0.3 is 0 Å². The molecule has 8 nitrogen and oxygen atoms in total. The lowest BCUT2D eigenvalue weighted by atomic mass is 10.0. The second-order valence-electron chi connectivity index (χ2n) is 8.16. The Morgan fingerprint density at radius 3 is 2.64 bits per heavy atom. The highest BCUT2D eigenvalue weighted by Gasteiger charge is 2.21. The average molecular weight is 520 g/mol. The third-order valence-electron chi connectivity index (χ3n) is 5.72. The van der Waals surface area contributed by atoms with Crippen molar-refractivity contribution in [3.05, 3.63) is 81.6 Å². The van der Waals surface area contributed by atoms with Crippen LogP contribution in [-0.4, -0.2) is 39.6 Å². The van der Waals surface area contributed by atoms with E-state index in [1.54, 1.807) is 35.3 Å². The maximum atomic E-state index is 10.1. The number of likely N-dealkylation sites (N-methyl/N-ethyl adjacent to an activating group) is 1. The molecular formula is C26H23Cl2N7O. The van der Waals surface area contributed by atoms with Crippen molar-refractivity contribution in [1.29, 1.82) is 5.26 Å². The number of benzene rings is 2. The number of nitrogens with zero attached hydrogens (tertiary/aromatic N) is 6. The normalized spacial score (nSPS) is 11.8. The standard InChI is InChI=1S/C18H17N7.C8H6Cl2O/c1-24-8-5-12-9-13(10-14(11-19)17(12)24)15-3-6-20-18(22-15)23-16-4-7-21-25(16)2;9-7-2-1-6(3-4-11)5-8(7)10/h3-4,6-7,9-10H,5,8H2,1-2H3,(H,20,22,23);1-2,4-5H,3H2. The Balaban J connectivity index is 0.000000233. The minimum Gasteiger partial charge on any atom is -0.373 e. The van der Waals surface area contributed by atoms with E-state index in [1.165, 1.54) is 5.56 Å². The van der Waals surface area contributed by atoms with Crippen LogP contribution in [0.5, 0.6) is 0 Å². The largest absolute Gasteiger partial charge is 0.373 e. The van der Waals surface area contributed by atoms with Crippen LogP contribution in [0.25, 0.3) is 11.3 Å². The molecule has 4 aromatic rings. The van der Waals surface area contributed by atoms with E-state index in [1.807, 2.05) is 32.3 Å². The SMILES string of the molecule is CN1CCc2cc(-c3ccnc(Nc4ccnn4C)n3)cc(C#N)c21.O=CCc1ccc(Cl)c(Cl)c1. The van der Waals surface area contributed by atoms with Crippen molar-refractivity contribution in [1.82, 2.24) is 19.7 Å². The van der Waals surface area contributed by atoms with Gasteiger partial charge in [-0.25, -0.2) is 9.97 Å². The Bertz CT molecular complexity index is 1440. The first-order valence-corrected chi connectivity index (χ1v) is 11.9. The fourth-order valence-corrected chi connectivity index (χ4v) is 4.24. The van der Waals surface area contributed by atoms with Crippen LogP contribution in [0.1, 0.15) is 16.7 Å². The van der Waals surface area contributed by atoms with Crippen molar-refractivity contribution in [3.8, 4) is 17.3 Å². The monoisotopic (exact) mass is 519 g/mol. The maximum absolute atomic E-state index is 10.1. The first-order chi connectivity index (χ1) is 17.4. The van der Waals surface area contributed by atoms with E-state index in [9.17, 15) is 10.1 Å². The van der Waals surface area contributed by atoms with Gasteiger partial charge in [0.1, 0.15) is 18.2 Å². The van der Waals surface area contributed by atoms with Gasteiger partial charge in [0.2, 0.25) is 5.95 Å². The van der Waals surface area contributed by atoms with Gasteiger partial charge in [-0.1, -0.05) is 29.3 Å². The quantitative estimate of drug-likeness (QED) is 0.360. The molecule has 0 atom stereocenters. The minimum absolute atomic E-state index is 0.386. The molecule has 5 rings (SSSR count). The number of nitrogens with one attached hydrogen (secondary N) is 1. The summed E-state index contributed by atoms with van der Waals surface area (Å²) in [4.78, 5) is 21.1. The highest BCUT2D eigenvalue weighted by Crippen LogP contribution is 2.34. The number of hydrogen-bond donors (Lipinski definition) is 1. The van der Waals surface area contributed by atoms with Crippen molar-refractivity contribution in [3.63, 3.8) is 0 Å². The molecule has 36 heavy (non-hydrogen) atoms. The van der Waals surface area contributed by atoms with Gasteiger partial charge in [-0.3, -0.25) is 4.68 Å². The number of aldehydes is 1. The molecule has 1 aliphatic heterocycles. The molecule has 2 aromatic heterocycles. The van der Waals surface area contributed by atoms with E-state index in [0.29, 0.717) is 28.0 Å². The van der Waals surface area contributed by atoms with Crippen molar-refractivity contribution in [2.24, 2.45) is 7.05 Å². The van der Waals surface area contributed by atoms with Crippen LogP contribution in [0, 0.1) is 11.3 Å². The lowest BCUT2D eigenvalue weighted by molar-refractivity contribution is -0.107. The van der Waals surface area contributed by atoms with Crippen LogP contribution in [0.4, 0.5) is 17.5 Å². The number of aromatic nitrogens is 4. The Hall–Kier alpha value is -3.93. The Kier molecular flexibility index (Phi) is 7.84. The summed E-state index contributed by atoms with van der Waals surface area (Å²) in [7, 11) is 3.87. The molecule has 0 spiro atoms. The molecule has 1 N–H and O–H groups in total. The van der Waals surface area contributed by atoms with Crippen LogP contribution in [-0.2, 0) is 24.7 Å². The summed E-state index contributed by atoms with van der Waals surface area (Å²) in [6.07, 6.45) is 5.59. The van der Waals surface area contributed by atoms with Gasteiger partial charge in [0.05, 0.1) is 33.2 Å². The zero-order chi connectivity index (χ0) is 25.7. The predicted octanol–water partition coefficient (Wildman–Crippen LogP) is 5.22. The second-order valence-corrected chi connectivity index (χ2v) is 8.98. The molecule has 2 aromatic carbocycles. The van der Waals surface area contributed by atoms with Crippen LogP contribution in [0.3, 0.4) is 0 Å². The number of fused-ring (bicyclic) bond motifs is 1. The molecular weight excluding hydrogens is 497 g/mol. The summed E-state index contributed by atoms with van der Waals surface area (Å²) >= 11 is 11.4. The van der Waals surface area contributed by atoms with E-state index in [2.05, 4.69) is 37.4 Å². The summed E-state index contributed by atoms with van der Waals surface area (Å²) in [6, 6.07) is 15.2. The zero-order valence-electron chi connectivity index (χ0n) is 19.7. The Labute approximate surface area is 219 Å². The van der Waals surface area contributed by atoms with Gasteiger partial charge in [-0.15, -0.1) is 0 Å². The lowest BCUT2D eigenvalue weighted by Crippen LogP contribution is -2.13. The molecule has 0 saturated carbocycles. The Morgan fingerprint density at radius 1 is 1.11 bits per heavy atom. The first kappa shape index (κ1) is 25.2. The number of anilines is 3. The Morgan fingerprint density at radius 2 is 1.94 bits per heavy atom. The summed E-state index contributed by atoms with van der Waals surface area (Å²) in [5.74, 6) is 1.31. The van der Waals surface area contributed by atoms with Crippen molar-refractivity contribution >= 4 is 46.9 Å². The fourth-order valence-electron chi connectivity index (χ4n) is 3.92.